The molecule has 0 amide bonds. The molecule has 4 nitrogen and oxygen atoms in total. The number of hydrogen-bond acceptors (Lipinski definition) is 5. The van der Waals surface area contributed by atoms with Gasteiger partial charge in [0, 0.05) is 21.7 Å². The maximum atomic E-state index is 12.8. The molecule has 0 bridgehead atoms. The molecule has 0 spiro atoms. The number of ether oxygens (including phenoxy) is 2. The van der Waals surface area contributed by atoms with Crippen molar-refractivity contribution in [3.8, 4) is 11.5 Å². The third-order valence-corrected chi connectivity index (χ3v) is 5.66. The molecule has 1 aliphatic rings. The van der Waals surface area contributed by atoms with Crippen LogP contribution in [0.15, 0.2) is 53.6 Å². The number of carbonyl (C=O) groups is 2. The molecule has 1 aliphatic heterocycles. The predicted octanol–water partition coefficient (Wildman–Crippen LogP) is 6.20. The van der Waals surface area contributed by atoms with Gasteiger partial charge >= 0.3 is 5.97 Å². The van der Waals surface area contributed by atoms with Crippen molar-refractivity contribution >= 4 is 52.4 Å². The Kier molecular flexibility index (Phi) is 4.98. The highest BCUT2D eigenvalue weighted by Crippen LogP contribution is 2.39. The Hall–Kier alpha value is -2.60. The molecular weight excluding hydrogens is 419 g/mol. The van der Waals surface area contributed by atoms with Crippen molar-refractivity contribution in [2.24, 2.45) is 0 Å². The minimum absolute atomic E-state index is 0.106. The minimum Gasteiger partial charge on any atom is -0.452 e. The Morgan fingerprint density at radius 3 is 2.57 bits per heavy atom. The van der Waals surface area contributed by atoms with Gasteiger partial charge in [0.05, 0.1) is 5.56 Å². The lowest BCUT2D eigenvalue weighted by Crippen LogP contribution is -2.06. The minimum atomic E-state index is -0.461. The van der Waals surface area contributed by atoms with Gasteiger partial charge in [-0.25, -0.2) is 4.79 Å². The first kappa shape index (κ1) is 18.7. The van der Waals surface area contributed by atoms with E-state index in [1.807, 2.05) is 0 Å². The SMILES string of the molecule is Cc1cc(OC(=O)c2cccs2)cc2c1C(=O)/C(=C/c1c(Cl)cccc1Cl)O2. The molecule has 7 heteroatoms. The lowest BCUT2D eigenvalue weighted by Gasteiger charge is -2.07. The third kappa shape index (κ3) is 3.44. The van der Waals surface area contributed by atoms with E-state index in [4.69, 9.17) is 32.7 Å². The molecule has 0 aliphatic carbocycles. The predicted molar refractivity (Wildman–Crippen MR) is 110 cm³/mol. The van der Waals surface area contributed by atoms with Crippen LogP contribution in [-0.4, -0.2) is 11.8 Å². The van der Waals surface area contributed by atoms with Crippen LogP contribution in [0.2, 0.25) is 10.0 Å². The summed E-state index contributed by atoms with van der Waals surface area (Å²) >= 11 is 13.6. The molecule has 28 heavy (non-hydrogen) atoms. The first-order chi connectivity index (χ1) is 13.4. The number of carbonyl (C=O) groups excluding carboxylic acids is 2. The molecule has 1 aromatic heterocycles. The van der Waals surface area contributed by atoms with Crippen LogP contribution in [-0.2, 0) is 0 Å². The van der Waals surface area contributed by atoms with Crippen molar-refractivity contribution in [1.82, 2.24) is 0 Å². The van der Waals surface area contributed by atoms with Crippen LogP contribution in [0.5, 0.6) is 11.5 Å². The summed E-state index contributed by atoms with van der Waals surface area (Å²) in [7, 11) is 0. The number of aryl methyl sites for hydroxylation is 1. The topological polar surface area (TPSA) is 52.6 Å². The van der Waals surface area contributed by atoms with E-state index in [0.717, 1.165) is 0 Å². The fourth-order valence-corrected chi connectivity index (χ4v) is 3.97. The molecule has 140 valence electrons. The molecular formula is C21H12Cl2O4S. The van der Waals surface area contributed by atoms with Crippen LogP contribution in [0.25, 0.3) is 6.08 Å². The van der Waals surface area contributed by atoms with E-state index in [1.54, 1.807) is 48.7 Å². The monoisotopic (exact) mass is 430 g/mol. The van der Waals surface area contributed by atoms with Gasteiger partial charge in [0.25, 0.3) is 0 Å². The largest absolute Gasteiger partial charge is 0.452 e. The van der Waals surface area contributed by atoms with E-state index in [2.05, 4.69) is 0 Å². The van der Waals surface area contributed by atoms with E-state index in [1.165, 1.54) is 23.5 Å². The summed E-state index contributed by atoms with van der Waals surface area (Å²) in [5.41, 5.74) is 1.57. The van der Waals surface area contributed by atoms with Gasteiger partial charge in [-0.15, -0.1) is 11.3 Å². The molecule has 3 aromatic rings. The zero-order valence-corrected chi connectivity index (χ0v) is 16.8. The van der Waals surface area contributed by atoms with Gasteiger partial charge < -0.3 is 9.47 Å². The lowest BCUT2D eigenvalue weighted by molar-refractivity contribution is 0.0739. The normalized spacial score (nSPS) is 14.1. The van der Waals surface area contributed by atoms with Crippen LogP contribution >= 0.6 is 34.5 Å². The van der Waals surface area contributed by atoms with E-state index in [-0.39, 0.29) is 11.5 Å². The van der Waals surface area contributed by atoms with E-state index < -0.39 is 5.97 Å². The van der Waals surface area contributed by atoms with Crippen molar-refractivity contribution in [1.29, 1.82) is 0 Å². The summed E-state index contributed by atoms with van der Waals surface area (Å²) in [6, 6.07) is 11.7. The van der Waals surface area contributed by atoms with Crippen molar-refractivity contribution < 1.29 is 19.1 Å². The van der Waals surface area contributed by atoms with Gasteiger partial charge in [0.1, 0.15) is 16.4 Å². The number of halogens is 2. The standard InChI is InChI=1S/C21H12Cl2O4S/c1-11-8-12(26-21(25)18-6-3-7-28-18)9-16-19(11)20(24)17(27-16)10-13-14(22)4-2-5-15(13)23/h2-10H,1H3/b17-10-. The Morgan fingerprint density at radius 2 is 1.89 bits per heavy atom. The van der Waals surface area contributed by atoms with E-state index >= 15 is 0 Å². The van der Waals surface area contributed by atoms with Crippen LogP contribution in [0.4, 0.5) is 0 Å². The zero-order valence-electron chi connectivity index (χ0n) is 14.5. The fourth-order valence-electron chi connectivity index (χ4n) is 2.87. The number of benzene rings is 2. The van der Waals surface area contributed by atoms with Crippen molar-refractivity contribution in [2.75, 3.05) is 0 Å². The number of allylic oxidation sites excluding steroid dienone is 1. The number of rotatable bonds is 3. The Bertz CT molecular complexity index is 1110. The van der Waals surface area contributed by atoms with Crippen molar-refractivity contribution in [3.05, 3.63) is 85.2 Å². The van der Waals surface area contributed by atoms with Gasteiger partial charge in [-0.3, -0.25) is 4.79 Å². The van der Waals surface area contributed by atoms with Crippen LogP contribution < -0.4 is 9.47 Å². The van der Waals surface area contributed by atoms with Gasteiger partial charge in [-0.2, -0.15) is 0 Å². The number of hydrogen-bond donors (Lipinski definition) is 0. The molecule has 0 saturated carbocycles. The highest BCUT2D eigenvalue weighted by molar-refractivity contribution is 7.12. The maximum Gasteiger partial charge on any atom is 0.353 e. The van der Waals surface area contributed by atoms with E-state index in [9.17, 15) is 9.59 Å². The summed E-state index contributed by atoms with van der Waals surface area (Å²) in [6.07, 6.45) is 1.52. The first-order valence-corrected chi connectivity index (χ1v) is 9.86. The summed E-state index contributed by atoms with van der Waals surface area (Å²) < 4.78 is 11.1. The molecule has 2 heterocycles. The van der Waals surface area contributed by atoms with Gasteiger partial charge in [0.15, 0.2) is 5.76 Å². The average Bonchev–Trinajstić information content (AvgIpc) is 3.27. The van der Waals surface area contributed by atoms with Gasteiger partial charge in [-0.05, 0) is 48.2 Å². The summed E-state index contributed by atoms with van der Waals surface area (Å²) in [5, 5.41) is 2.62. The number of Topliss-reactive ketones (excluding diaryl/α,β-unsaturated/α-hetero) is 1. The molecule has 0 unspecified atom stereocenters. The van der Waals surface area contributed by atoms with Crippen LogP contribution in [0.3, 0.4) is 0 Å². The first-order valence-electron chi connectivity index (χ1n) is 8.22. The maximum absolute atomic E-state index is 12.8. The molecule has 0 atom stereocenters. The third-order valence-electron chi connectivity index (χ3n) is 4.15. The quantitative estimate of drug-likeness (QED) is 0.282. The average molecular weight is 431 g/mol. The summed E-state index contributed by atoms with van der Waals surface area (Å²) in [4.78, 5) is 25.4. The highest BCUT2D eigenvalue weighted by Gasteiger charge is 2.30. The Morgan fingerprint density at radius 1 is 1.14 bits per heavy atom. The molecule has 4 rings (SSSR count). The lowest BCUT2D eigenvalue weighted by atomic mass is 10.0. The highest BCUT2D eigenvalue weighted by atomic mass is 35.5. The van der Waals surface area contributed by atoms with Crippen molar-refractivity contribution in [2.45, 2.75) is 6.92 Å². The second kappa shape index (κ2) is 7.43. The Balaban J connectivity index is 1.66. The number of fused-ring (bicyclic) bond motifs is 1. The van der Waals surface area contributed by atoms with Crippen LogP contribution in [0, 0.1) is 6.92 Å². The smallest absolute Gasteiger partial charge is 0.353 e. The molecule has 0 saturated heterocycles. The zero-order chi connectivity index (χ0) is 19.8. The van der Waals surface area contributed by atoms with E-state index in [0.29, 0.717) is 43.1 Å². The molecule has 2 aromatic carbocycles. The number of ketones is 1. The summed E-state index contributed by atoms with van der Waals surface area (Å²) in [6.45, 7) is 1.76. The molecule has 0 N–H and O–H groups in total. The second-order valence-electron chi connectivity index (χ2n) is 6.06. The number of esters is 1. The van der Waals surface area contributed by atoms with Crippen molar-refractivity contribution in [3.63, 3.8) is 0 Å². The number of thiophene rings is 1. The van der Waals surface area contributed by atoms with Crippen LogP contribution in [0.1, 0.15) is 31.2 Å². The second-order valence-corrected chi connectivity index (χ2v) is 7.82. The van der Waals surface area contributed by atoms with Gasteiger partial charge in [0.2, 0.25) is 5.78 Å². The fraction of sp³-hybridized carbons (Fsp3) is 0.0476. The Labute approximate surface area is 174 Å². The molecule has 0 radical (unpaired) electrons. The van der Waals surface area contributed by atoms with Gasteiger partial charge in [-0.1, -0.05) is 35.3 Å². The summed E-state index contributed by atoms with van der Waals surface area (Å²) in [5.74, 6) is -0.000349. The molecule has 0 fully saturated rings.